The van der Waals surface area contributed by atoms with Crippen molar-refractivity contribution in [3.63, 3.8) is 0 Å². The maximum atomic E-state index is 11.4. The molecule has 0 amide bonds. The zero-order valence-electron chi connectivity index (χ0n) is 11.7. The van der Waals surface area contributed by atoms with E-state index in [1.54, 1.807) is 13.0 Å². The normalized spacial score (nSPS) is 18.1. The molecule has 1 heterocycles. The first kappa shape index (κ1) is 15.6. The van der Waals surface area contributed by atoms with E-state index in [1.165, 1.54) is 12.1 Å². The van der Waals surface area contributed by atoms with Crippen LogP contribution >= 0.6 is 0 Å². The standard InChI is InChI=1S/C13H18N2O5S/c1-2-20-13-8-11(7-12(9-13)15(16)17)14-10-3-5-21(18,19)6-4-10/h7-10,14H,2-6H2,1H3. The van der Waals surface area contributed by atoms with Gasteiger partial charge in [-0.1, -0.05) is 0 Å². The van der Waals surface area contributed by atoms with E-state index >= 15 is 0 Å². The van der Waals surface area contributed by atoms with Crippen molar-refractivity contribution in [3.05, 3.63) is 28.3 Å². The van der Waals surface area contributed by atoms with Gasteiger partial charge in [-0.15, -0.1) is 0 Å². The number of nitrogens with one attached hydrogen (secondary N) is 1. The molecule has 1 N–H and O–H groups in total. The quantitative estimate of drug-likeness (QED) is 0.659. The van der Waals surface area contributed by atoms with Crippen LogP contribution < -0.4 is 10.1 Å². The number of nitrogens with zero attached hydrogens (tertiary/aromatic N) is 1. The van der Waals surface area contributed by atoms with Crippen LogP contribution in [0.3, 0.4) is 0 Å². The van der Waals surface area contributed by atoms with Crippen molar-refractivity contribution in [1.29, 1.82) is 0 Å². The third-order valence-corrected chi connectivity index (χ3v) is 5.05. The maximum Gasteiger partial charge on any atom is 0.275 e. The Kier molecular flexibility index (Phi) is 4.66. The molecule has 1 aromatic carbocycles. The van der Waals surface area contributed by atoms with Crippen molar-refractivity contribution >= 4 is 21.2 Å². The Bertz CT molecular complexity index is 615. The lowest BCUT2D eigenvalue weighted by atomic mass is 10.1. The summed E-state index contributed by atoms with van der Waals surface area (Å²) in [5.74, 6) is 0.730. The number of anilines is 1. The Morgan fingerprint density at radius 2 is 2.00 bits per heavy atom. The Labute approximate surface area is 123 Å². The molecular formula is C13H18N2O5S. The predicted octanol–water partition coefficient (Wildman–Crippen LogP) is 1.98. The first-order valence-corrected chi connectivity index (χ1v) is 8.61. The summed E-state index contributed by atoms with van der Waals surface area (Å²) in [7, 11) is -2.92. The SMILES string of the molecule is CCOc1cc(NC2CCS(=O)(=O)CC2)cc([N+](=O)[O-])c1. The van der Waals surface area contributed by atoms with E-state index < -0.39 is 14.8 Å². The molecule has 0 aromatic heterocycles. The smallest absolute Gasteiger partial charge is 0.275 e. The van der Waals surface area contributed by atoms with Crippen LogP contribution in [-0.4, -0.2) is 37.5 Å². The summed E-state index contributed by atoms with van der Waals surface area (Å²) in [6.45, 7) is 2.22. The summed E-state index contributed by atoms with van der Waals surface area (Å²) in [5.41, 5.74) is 0.531. The van der Waals surface area contributed by atoms with Gasteiger partial charge in [0.05, 0.1) is 29.1 Å². The second kappa shape index (κ2) is 6.30. The molecule has 1 aromatic rings. The number of nitro groups is 1. The number of benzene rings is 1. The second-order valence-corrected chi connectivity index (χ2v) is 7.28. The molecule has 0 aliphatic carbocycles. The van der Waals surface area contributed by atoms with Gasteiger partial charge in [-0.2, -0.15) is 0 Å². The number of ether oxygens (including phenoxy) is 1. The van der Waals surface area contributed by atoms with Gasteiger partial charge in [0.2, 0.25) is 0 Å². The van der Waals surface area contributed by atoms with Gasteiger partial charge in [0.15, 0.2) is 0 Å². The van der Waals surface area contributed by atoms with Gasteiger partial charge in [0, 0.05) is 23.9 Å². The largest absolute Gasteiger partial charge is 0.494 e. The zero-order chi connectivity index (χ0) is 15.5. The number of nitro benzene ring substituents is 1. The molecular weight excluding hydrogens is 296 g/mol. The number of rotatable bonds is 5. The Balaban J connectivity index is 2.13. The van der Waals surface area contributed by atoms with Crippen molar-refractivity contribution in [2.24, 2.45) is 0 Å². The molecule has 0 unspecified atom stereocenters. The lowest BCUT2D eigenvalue weighted by Gasteiger charge is -2.24. The average molecular weight is 314 g/mol. The third-order valence-electron chi connectivity index (χ3n) is 3.34. The second-order valence-electron chi connectivity index (χ2n) is 4.98. The van der Waals surface area contributed by atoms with Crippen LogP contribution in [0, 0.1) is 10.1 Å². The minimum absolute atomic E-state index is 0.00463. The van der Waals surface area contributed by atoms with Crippen LogP contribution in [-0.2, 0) is 9.84 Å². The van der Waals surface area contributed by atoms with E-state index in [4.69, 9.17) is 4.74 Å². The summed E-state index contributed by atoms with van der Waals surface area (Å²) < 4.78 is 28.1. The Morgan fingerprint density at radius 3 is 2.57 bits per heavy atom. The molecule has 0 bridgehead atoms. The van der Waals surface area contributed by atoms with Crippen LogP contribution in [0.15, 0.2) is 18.2 Å². The molecule has 1 aliphatic rings. The van der Waals surface area contributed by atoms with Crippen molar-refractivity contribution in [2.75, 3.05) is 23.4 Å². The van der Waals surface area contributed by atoms with E-state index in [9.17, 15) is 18.5 Å². The molecule has 8 heteroatoms. The molecule has 7 nitrogen and oxygen atoms in total. The first-order valence-electron chi connectivity index (χ1n) is 6.79. The highest BCUT2D eigenvalue weighted by atomic mass is 32.2. The lowest BCUT2D eigenvalue weighted by Crippen LogP contribution is -2.32. The monoisotopic (exact) mass is 314 g/mol. The summed E-state index contributed by atoms with van der Waals surface area (Å²) in [6, 6.07) is 4.51. The molecule has 116 valence electrons. The summed E-state index contributed by atoms with van der Waals surface area (Å²) in [4.78, 5) is 10.5. The van der Waals surface area contributed by atoms with Crippen LogP contribution in [0.5, 0.6) is 5.75 Å². The van der Waals surface area contributed by atoms with Crippen LogP contribution in [0.2, 0.25) is 0 Å². The third kappa shape index (κ3) is 4.32. The average Bonchev–Trinajstić information content (AvgIpc) is 2.41. The van der Waals surface area contributed by atoms with E-state index in [1.807, 2.05) is 0 Å². The molecule has 0 radical (unpaired) electrons. The first-order chi connectivity index (χ1) is 9.89. The molecule has 0 atom stereocenters. The van der Waals surface area contributed by atoms with Gasteiger partial charge in [0.25, 0.3) is 5.69 Å². The van der Waals surface area contributed by atoms with E-state index in [-0.39, 0.29) is 23.2 Å². The highest BCUT2D eigenvalue weighted by Crippen LogP contribution is 2.28. The highest BCUT2D eigenvalue weighted by Gasteiger charge is 2.24. The predicted molar refractivity (Wildman–Crippen MR) is 79.6 cm³/mol. The minimum atomic E-state index is -2.92. The number of non-ortho nitro benzene ring substituents is 1. The summed E-state index contributed by atoms with van der Waals surface area (Å²) in [6.07, 6.45) is 1.02. The van der Waals surface area contributed by atoms with E-state index in [0.717, 1.165) is 0 Å². The molecule has 1 fully saturated rings. The fourth-order valence-electron chi connectivity index (χ4n) is 2.29. The number of hydrogen-bond acceptors (Lipinski definition) is 6. The van der Waals surface area contributed by atoms with E-state index in [2.05, 4.69) is 5.32 Å². The van der Waals surface area contributed by atoms with E-state index in [0.29, 0.717) is 30.9 Å². The number of sulfone groups is 1. The highest BCUT2D eigenvalue weighted by molar-refractivity contribution is 7.91. The molecule has 2 rings (SSSR count). The lowest BCUT2D eigenvalue weighted by molar-refractivity contribution is -0.384. The van der Waals surface area contributed by atoms with Gasteiger partial charge in [0.1, 0.15) is 15.6 Å². The van der Waals surface area contributed by atoms with Crippen LogP contribution in [0.4, 0.5) is 11.4 Å². The minimum Gasteiger partial charge on any atom is -0.494 e. The van der Waals surface area contributed by atoms with Gasteiger partial charge in [-0.3, -0.25) is 10.1 Å². The molecule has 0 saturated carbocycles. The fraction of sp³-hybridized carbons (Fsp3) is 0.538. The Morgan fingerprint density at radius 1 is 1.33 bits per heavy atom. The Hall–Kier alpha value is -1.83. The van der Waals surface area contributed by atoms with Gasteiger partial charge in [-0.05, 0) is 19.8 Å². The number of hydrogen-bond donors (Lipinski definition) is 1. The van der Waals surface area contributed by atoms with Crippen molar-refractivity contribution in [1.82, 2.24) is 0 Å². The maximum absolute atomic E-state index is 11.4. The fourth-order valence-corrected chi connectivity index (χ4v) is 3.78. The van der Waals surface area contributed by atoms with Crippen LogP contribution in [0.1, 0.15) is 19.8 Å². The van der Waals surface area contributed by atoms with Gasteiger partial charge in [-0.25, -0.2) is 8.42 Å². The molecule has 1 saturated heterocycles. The van der Waals surface area contributed by atoms with Crippen molar-refractivity contribution < 1.29 is 18.1 Å². The summed E-state index contributed by atoms with van der Waals surface area (Å²) in [5, 5.41) is 14.1. The summed E-state index contributed by atoms with van der Waals surface area (Å²) >= 11 is 0. The zero-order valence-corrected chi connectivity index (χ0v) is 12.6. The molecule has 21 heavy (non-hydrogen) atoms. The van der Waals surface area contributed by atoms with Crippen molar-refractivity contribution in [3.8, 4) is 5.75 Å². The van der Waals surface area contributed by atoms with Crippen molar-refractivity contribution in [2.45, 2.75) is 25.8 Å². The molecule has 1 aliphatic heterocycles. The van der Waals surface area contributed by atoms with Gasteiger partial charge >= 0.3 is 0 Å². The molecule has 0 spiro atoms. The topological polar surface area (TPSA) is 98.5 Å². The van der Waals surface area contributed by atoms with Gasteiger partial charge < -0.3 is 10.1 Å². The van der Waals surface area contributed by atoms with Crippen LogP contribution in [0.25, 0.3) is 0 Å².